The van der Waals surface area contributed by atoms with Crippen molar-refractivity contribution in [2.24, 2.45) is 5.92 Å². The fourth-order valence-electron chi connectivity index (χ4n) is 4.68. The Kier molecular flexibility index (Phi) is 7.57. The number of benzene rings is 2. The molecule has 1 atom stereocenters. The molecule has 5 heteroatoms. The lowest BCUT2D eigenvalue weighted by Crippen LogP contribution is -2.41. The summed E-state index contributed by atoms with van der Waals surface area (Å²) in [5, 5.41) is 0. The highest BCUT2D eigenvalue weighted by molar-refractivity contribution is 7.99. The van der Waals surface area contributed by atoms with E-state index < -0.39 is 0 Å². The van der Waals surface area contributed by atoms with Crippen molar-refractivity contribution >= 4 is 17.7 Å². The third kappa shape index (κ3) is 5.83. The van der Waals surface area contributed by atoms with Crippen LogP contribution in [0.2, 0.25) is 0 Å². The van der Waals surface area contributed by atoms with E-state index in [9.17, 15) is 4.79 Å². The smallest absolute Gasteiger partial charge is 0.224 e. The van der Waals surface area contributed by atoms with Gasteiger partial charge in [0, 0.05) is 36.2 Å². The van der Waals surface area contributed by atoms with Crippen LogP contribution in [0.4, 0.5) is 0 Å². The summed E-state index contributed by atoms with van der Waals surface area (Å²) >= 11 is 1.85. The van der Waals surface area contributed by atoms with Crippen molar-refractivity contribution in [3.8, 4) is 5.75 Å². The van der Waals surface area contributed by atoms with Gasteiger partial charge in [-0.3, -0.25) is 4.79 Å². The number of rotatable bonds is 6. The molecular formula is C26H34N2O2S. The Morgan fingerprint density at radius 3 is 2.65 bits per heavy atom. The summed E-state index contributed by atoms with van der Waals surface area (Å²) in [5.74, 6) is 2.84. The van der Waals surface area contributed by atoms with Crippen LogP contribution in [-0.4, -0.2) is 54.2 Å². The number of carbonyl (C=O) groups excluding carboxylic acids is 1. The van der Waals surface area contributed by atoms with Gasteiger partial charge in [0.1, 0.15) is 5.75 Å². The van der Waals surface area contributed by atoms with Gasteiger partial charge in [-0.25, -0.2) is 0 Å². The number of hydrogen-bond acceptors (Lipinski definition) is 4. The lowest BCUT2D eigenvalue weighted by atomic mass is 9.90. The number of piperidine rings is 1. The number of ether oxygens (including phenoxy) is 1. The van der Waals surface area contributed by atoms with Crippen molar-refractivity contribution in [3.63, 3.8) is 0 Å². The predicted octanol–water partition coefficient (Wildman–Crippen LogP) is 4.86. The summed E-state index contributed by atoms with van der Waals surface area (Å²) in [6.45, 7) is 5.94. The molecule has 1 saturated heterocycles. The highest BCUT2D eigenvalue weighted by Crippen LogP contribution is 2.33. The van der Waals surface area contributed by atoms with Crippen LogP contribution in [0.25, 0.3) is 0 Å². The number of amides is 1. The molecule has 0 bridgehead atoms. The molecule has 1 amide bonds. The molecule has 0 aliphatic carbocycles. The number of hydrogen-bond donors (Lipinski definition) is 0. The molecule has 0 saturated carbocycles. The zero-order chi connectivity index (χ0) is 21.6. The number of methoxy groups -OCH3 is 1. The van der Waals surface area contributed by atoms with Crippen LogP contribution in [0.1, 0.15) is 37.3 Å². The van der Waals surface area contributed by atoms with Crippen LogP contribution in [0.3, 0.4) is 0 Å². The topological polar surface area (TPSA) is 32.8 Å². The van der Waals surface area contributed by atoms with E-state index in [1.165, 1.54) is 35.3 Å². The molecule has 166 valence electrons. The van der Waals surface area contributed by atoms with Crippen LogP contribution in [-0.2, 0) is 17.8 Å². The molecule has 2 aromatic carbocycles. The van der Waals surface area contributed by atoms with Gasteiger partial charge in [0.15, 0.2) is 0 Å². The van der Waals surface area contributed by atoms with Crippen molar-refractivity contribution in [1.82, 2.24) is 9.80 Å². The third-order valence-electron chi connectivity index (χ3n) is 6.66. The number of carbonyl (C=O) groups is 1. The summed E-state index contributed by atoms with van der Waals surface area (Å²) < 4.78 is 5.40. The molecule has 0 spiro atoms. The Balaban J connectivity index is 1.27. The summed E-state index contributed by atoms with van der Waals surface area (Å²) in [4.78, 5) is 18.9. The van der Waals surface area contributed by atoms with Crippen LogP contribution in [0.5, 0.6) is 5.75 Å². The maximum atomic E-state index is 13.1. The van der Waals surface area contributed by atoms with E-state index in [2.05, 4.69) is 59.2 Å². The minimum Gasteiger partial charge on any atom is -0.497 e. The molecular weight excluding hydrogens is 404 g/mol. The Hall–Kier alpha value is -1.98. The van der Waals surface area contributed by atoms with Crippen molar-refractivity contribution in [1.29, 1.82) is 0 Å². The van der Waals surface area contributed by atoms with E-state index in [0.717, 1.165) is 37.1 Å². The van der Waals surface area contributed by atoms with E-state index in [0.29, 0.717) is 13.0 Å². The Labute approximate surface area is 191 Å². The van der Waals surface area contributed by atoms with Gasteiger partial charge in [0.05, 0.1) is 7.11 Å². The first-order valence-electron chi connectivity index (χ1n) is 11.5. The maximum absolute atomic E-state index is 13.1. The van der Waals surface area contributed by atoms with E-state index in [1.54, 1.807) is 7.11 Å². The van der Waals surface area contributed by atoms with Crippen molar-refractivity contribution in [2.75, 3.05) is 32.5 Å². The first-order chi connectivity index (χ1) is 15.1. The highest BCUT2D eigenvalue weighted by Gasteiger charge is 2.26. The van der Waals surface area contributed by atoms with E-state index in [-0.39, 0.29) is 11.9 Å². The molecule has 2 aromatic rings. The first-order valence-corrected chi connectivity index (χ1v) is 12.5. The zero-order valence-corrected chi connectivity index (χ0v) is 19.6. The van der Waals surface area contributed by atoms with Gasteiger partial charge in [-0.2, -0.15) is 0 Å². The predicted molar refractivity (Wildman–Crippen MR) is 128 cm³/mol. The zero-order valence-electron chi connectivity index (χ0n) is 18.8. The van der Waals surface area contributed by atoms with Crippen molar-refractivity contribution < 1.29 is 9.53 Å². The van der Waals surface area contributed by atoms with Crippen LogP contribution in [0.15, 0.2) is 53.4 Å². The molecule has 2 heterocycles. The van der Waals surface area contributed by atoms with E-state index in [1.807, 2.05) is 17.8 Å². The van der Waals surface area contributed by atoms with Gasteiger partial charge in [-0.15, -0.1) is 11.8 Å². The lowest BCUT2D eigenvalue weighted by Gasteiger charge is -2.33. The monoisotopic (exact) mass is 438 g/mol. The van der Waals surface area contributed by atoms with E-state index >= 15 is 0 Å². The number of fused-ring (bicyclic) bond motifs is 1. The van der Waals surface area contributed by atoms with Crippen LogP contribution < -0.4 is 4.74 Å². The summed E-state index contributed by atoms with van der Waals surface area (Å²) in [5.41, 5.74) is 2.64. The fraction of sp³-hybridized carbons (Fsp3) is 0.500. The molecule has 2 aliphatic heterocycles. The third-order valence-corrected chi connectivity index (χ3v) is 8.02. The summed E-state index contributed by atoms with van der Waals surface area (Å²) in [7, 11) is 1.69. The molecule has 0 N–H and O–H groups in total. The Bertz CT molecular complexity index is 865. The van der Waals surface area contributed by atoms with Crippen molar-refractivity contribution in [2.45, 2.75) is 50.1 Å². The van der Waals surface area contributed by atoms with Gasteiger partial charge >= 0.3 is 0 Å². The lowest BCUT2D eigenvalue weighted by molar-refractivity contribution is -0.133. The van der Waals surface area contributed by atoms with Crippen LogP contribution in [0, 0.1) is 5.92 Å². The second-order valence-corrected chi connectivity index (χ2v) is 9.94. The second-order valence-electron chi connectivity index (χ2n) is 8.88. The first kappa shape index (κ1) is 22.2. The number of thioether (sulfide) groups is 1. The van der Waals surface area contributed by atoms with Gasteiger partial charge in [-0.05, 0) is 74.5 Å². The summed E-state index contributed by atoms with van der Waals surface area (Å²) in [6.07, 6.45) is 4.25. The van der Waals surface area contributed by atoms with E-state index in [4.69, 9.17) is 4.74 Å². The molecule has 1 fully saturated rings. The fourth-order valence-corrected chi connectivity index (χ4v) is 5.75. The van der Waals surface area contributed by atoms with Gasteiger partial charge in [0.25, 0.3) is 0 Å². The average molecular weight is 439 g/mol. The average Bonchev–Trinajstić information content (AvgIpc) is 2.97. The molecule has 2 aliphatic rings. The molecule has 0 aromatic heterocycles. The normalized spacial score (nSPS) is 20.2. The SMILES string of the molecule is COc1ccc2c(c1)CN(C(=O)CCN1CCC(Cc3ccccc3)CC1)[C@@H](C)CS2. The number of nitrogens with zero attached hydrogens (tertiary/aromatic N) is 2. The summed E-state index contributed by atoms with van der Waals surface area (Å²) in [6, 6.07) is 17.3. The molecule has 4 nitrogen and oxygen atoms in total. The molecule has 31 heavy (non-hydrogen) atoms. The van der Waals surface area contributed by atoms with Crippen molar-refractivity contribution in [3.05, 3.63) is 59.7 Å². The quantitative estimate of drug-likeness (QED) is 0.645. The number of likely N-dealkylation sites (tertiary alicyclic amines) is 1. The minimum absolute atomic E-state index is 0.243. The van der Waals surface area contributed by atoms with Gasteiger partial charge in [-0.1, -0.05) is 30.3 Å². The standard InChI is InChI=1S/C26H34N2O2S/c1-20-19-31-25-9-8-24(30-2)17-23(25)18-28(20)26(29)12-15-27-13-10-22(11-14-27)16-21-6-4-3-5-7-21/h3-9,17,20,22H,10-16,18-19H2,1-2H3/t20-/m0/s1. The largest absolute Gasteiger partial charge is 0.497 e. The highest BCUT2D eigenvalue weighted by atomic mass is 32.2. The maximum Gasteiger partial charge on any atom is 0.224 e. The van der Waals surface area contributed by atoms with Crippen LogP contribution >= 0.6 is 11.8 Å². The Morgan fingerprint density at radius 1 is 1.13 bits per heavy atom. The Morgan fingerprint density at radius 2 is 1.90 bits per heavy atom. The minimum atomic E-state index is 0.243. The van der Waals surface area contributed by atoms with Gasteiger partial charge in [0.2, 0.25) is 5.91 Å². The second kappa shape index (κ2) is 10.6. The van der Waals surface area contributed by atoms with Gasteiger partial charge < -0.3 is 14.5 Å². The molecule has 0 radical (unpaired) electrons. The molecule has 0 unspecified atom stereocenters. The molecule has 4 rings (SSSR count).